The average Bonchev–Trinajstić information content (AvgIpc) is 3.85. The molecule has 0 spiro atoms. The molecule has 288 valence electrons. The first-order chi connectivity index (χ1) is 30.8. The minimum Gasteiger partial charge on any atom is -0.309 e. The van der Waals surface area contributed by atoms with Crippen molar-refractivity contribution in [1.82, 2.24) is 24.1 Å². The zero-order valence-electron chi connectivity index (χ0n) is 33.4. The Morgan fingerprint density at radius 3 is 1.65 bits per heavy atom. The van der Waals surface area contributed by atoms with E-state index < -0.39 is 0 Å². The van der Waals surface area contributed by atoms with Crippen molar-refractivity contribution in [3.8, 4) is 45.5 Å². The molecule has 3 heterocycles. The van der Waals surface area contributed by atoms with Crippen LogP contribution in [0.5, 0.6) is 0 Å². The number of para-hydroxylation sites is 2. The van der Waals surface area contributed by atoms with Gasteiger partial charge in [0.25, 0.3) is 0 Å². The normalized spacial score (nSPS) is 11.9. The molecule has 0 saturated carbocycles. The maximum absolute atomic E-state index is 5.28. The fraction of sp³-hybridized carbons (Fsp3) is 0. The predicted molar refractivity (Wildman–Crippen MR) is 257 cm³/mol. The minimum atomic E-state index is 0.632. The van der Waals surface area contributed by atoms with E-state index in [2.05, 4.69) is 203 Å². The minimum absolute atomic E-state index is 0.632. The van der Waals surface area contributed by atoms with Gasteiger partial charge in [-0.05, 0) is 64.0 Å². The molecular formula is C57H35N5. The predicted octanol–water partition coefficient (Wildman–Crippen LogP) is 14.5. The Morgan fingerprint density at radius 2 is 0.855 bits per heavy atom. The van der Waals surface area contributed by atoms with Crippen molar-refractivity contribution in [3.63, 3.8) is 0 Å². The van der Waals surface area contributed by atoms with Gasteiger partial charge in [-0.1, -0.05) is 170 Å². The van der Waals surface area contributed by atoms with Gasteiger partial charge < -0.3 is 9.13 Å². The first-order valence-corrected chi connectivity index (χ1v) is 21.0. The van der Waals surface area contributed by atoms with Crippen LogP contribution in [-0.2, 0) is 0 Å². The number of nitrogens with zero attached hydrogens (tertiary/aromatic N) is 5. The second-order valence-electron chi connectivity index (χ2n) is 16.0. The van der Waals surface area contributed by atoms with E-state index in [1.165, 1.54) is 43.4 Å². The van der Waals surface area contributed by atoms with Gasteiger partial charge >= 0.3 is 0 Å². The van der Waals surface area contributed by atoms with Gasteiger partial charge in [-0.15, -0.1) is 0 Å². The second kappa shape index (κ2) is 13.6. The lowest BCUT2D eigenvalue weighted by atomic mass is 10.0. The Morgan fingerprint density at radius 1 is 0.290 bits per heavy atom. The molecule has 0 N–H and O–H groups in total. The van der Waals surface area contributed by atoms with Crippen LogP contribution < -0.4 is 0 Å². The molecule has 0 unspecified atom stereocenters. The van der Waals surface area contributed by atoms with Crippen molar-refractivity contribution >= 4 is 75.9 Å². The van der Waals surface area contributed by atoms with E-state index in [1.54, 1.807) is 0 Å². The van der Waals surface area contributed by atoms with Gasteiger partial charge in [0.1, 0.15) is 0 Å². The van der Waals surface area contributed by atoms with Crippen molar-refractivity contribution in [1.29, 1.82) is 0 Å². The molecule has 0 aliphatic heterocycles. The molecule has 0 saturated heterocycles. The number of aromatic nitrogens is 5. The van der Waals surface area contributed by atoms with Gasteiger partial charge in [0, 0.05) is 54.7 Å². The van der Waals surface area contributed by atoms with Crippen LogP contribution in [0.3, 0.4) is 0 Å². The highest BCUT2D eigenvalue weighted by molar-refractivity contribution is 6.23. The smallest absolute Gasteiger partial charge is 0.164 e. The standard InChI is InChI=1S/C57H35N5/c1-3-18-38(19-4-1)55-58-56(46-28-15-20-36-16-7-9-23-40(36)46)60-57(59-55)47-32-33-51(43-26-12-11-25-42(43)47)62-50-29-14-13-27-44(50)48-34-49-45-31-30-37-17-8-10-24-41(37)54(45)61(52(49)35-53(48)62)39-21-5-2-6-22-39/h1-35H. The molecule has 10 aromatic carbocycles. The maximum atomic E-state index is 5.28. The monoisotopic (exact) mass is 789 g/mol. The zero-order valence-corrected chi connectivity index (χ0v) is 33.4. The zero-order chi connectivity index (χ0) is 40.7. The molecule has 62 heavy (non-hydrogen) atoms. The fourth-order valence-electron chi connectivity index (χ4n) is 9.77. The topological polar surface area (TPSA) is 48.5 Å². The highest BCUT2D eigenvalue weighted by atomic mass is 15.0. The molecule has 0 fully saturated rings. The van der Waals surface area contributed by atoms with E-state index in [4.69, 9.17) is 15.0 Å². The lowest BCUT2D eigenvalue weighted by Crippen LogP contribution is -2.02. The van der Waals surface area contributed by atoms with Gasteiger partial charge in [-0.3, -0.25) is 0 Å². The molecule has 3 aromatic heterocycles. The SMILES string of the molecule is c1ccc(-c2nc(-c3cccc4ccccc34)nc(-c3ccc(-n4c5ccccc5c5cc6c7ccc8ccccc8c7n(-c7ccccc7)c6cc54)c4ccccc34)n2)cc1. The van der Waals surface area contributed by atoms with Crippen LogP contribution >= 0.6 is 0 Å². The largest absolute Gasteiger partial charge is 0.309 e. The van der Waals surface area contributed by atoms with Gasteiger partial charge in [-0.25, -0.2) is 15.0 Å². The quantitative estimate of drug-likeness (QED) is 0.174. The molecule has 0 amide bonds. The summed E-state index contributed by atoms with van der Waals surface area (Å²) < 4.78 is 4.90. The molecule has 0 aliphatic rings. The molecular weight excluding hydrogens is 755 g/mol. The Kier molecular flexibility index (Phi) is 7.54. The molecule has 0 aliphatic carbocycles. The highest BCUT2D eigenvalue weighted by Gasteiger charge is 2.22. The molecule has 5 heteroatoms. The van der Waals surface area contributed by atoms with Gasteiger partial charge in [0.2, 0.25) is 0 Å². The maximum Gasteiger partial charge on any atom is 0.164 e. The number of hydrogen-bond donors (Lipinski definition) is 0. The van der Waals surface area contributed by atoms with E-state index in [0.717, 1.165) is 60.6 Å². The van der Waals surface area contributed by atoms with E-state index in [0.29, 0.717) is 17.5 Å². The first-order valence-electron chi connectivity index (χ1n) is 21.0. The molecule has 0 radical (unpaired) electrons. The summed E-state index contributed by atoms with van der Waals surface area (Å²) >= 11 is 0. The van der Waals surface area contributed by atoms with Crippen LogP contribution in [0.4, 0.5) is 0 Å². The molecule has 0 bridgehead atoms. The lowest BCUT2D eigenvalue weighted by molar-refractivity contribution is 1.08. The Bertz CT molecular complexity index is 3910. The number of fused-ring (bicyclic) bond motifs is 10. The second-order valence-corrected chi connectivity index (χ2v) is 16.0. The van der Waals surface area contributed by atoms with Crippen LogP contribution in [0.25, 0.3) is 121 Å². The number of hydrogen-bond acceptors (Lipinski definition) is 3. The third-order valence-corrected chi connectivity index (χ3v) is 12.5. The molecule has 5 nitrogen and oxygen atoms in total. The lowest BCUT2D eigenvalue weighted by Gasteiger charge is -2.15. The highest BCUT2D eigenvalue weighted by Crippen LogP contribution is 2.43. The van der Waals surface area contributed by atoms with Crippen molar-refractivity contribution in [3.05, 3.63) is 212 Å². The van der Waals surface area contributed by atoms with E-state index in [9.17, 15) is 0 Å². The fourth-order valence-corrected chi connectivity index (χ4v) is 9.77. The van der Waals surface area contributed by atoms with Gasteiger partial charge in [0.05, 0.1) is 27.8 Å². The molecule has 0 atom stereocenters. The van der Waals surface area contributed by atoms with E-state index in [1.807, 2.05) is 18.2 Å². The Labute approximate surface area is 356 Å². The van der Waals surface area contributed by atoms with Crippen LogP contribution in [0, 0.1) is 0 Å². The summed E-state index contributed by atoms with van der Waals surface area (Å²) in [5.74, 6) is 1.92. The summed E-state index contributed by atoms with van der Waals surface area (Å²) in [5.41, 5.74) is 9.77. The summed E-state index contributed by atoms with van der Waals surface area (Å²) in [6, 6.07) is 75.7. The van der Waals surface area contributed by atoms with Crippen LogP contribution in [0.15, 0.2) is 212 Å². The van der Waals surface area contributed by atoms with Crippen LogP contribution in [-0.4, -0.2) is 24.1 Å². The summed E-state index contributed by atoms with van der Waals surface area (Å²) in [6.07, 6.45) is 0. The third-order valence-electron chi connectivity index (χ3n) is 12.5. The molecule has 13 rings (SSSR count). The molecule has 13 aromatic rings. The Hall–Kier alpha value is -8.41. The summed E-state index contributed by atoms with van der Waals surface area (Å²) in [5, 5.41) is 11.8. The van der Waals surface area contributed by atoms with Gasteiger partial charge in [0.15, 0.2) is 17.5 Å². The first kappa shape index (κ1) is 34.5. The summed E-state index contributed by atoms with van der Waals surface area (Å²) in [7, 11) is 0. The third kappa shape index (κ3) is 5.18. The van der Waals surface area contributed by atoms with E-state index in [-0.39, 0.29) is 0 Å². The number of benzene rings is 10. The van der Waals surface area contributed by atoms with Crippen molar-refractivity contribution in [2.45, 2.75) is 0 Å². The van der Waals surface area contributed by atoms with E-state index >= 15 is 0 Å². The van der Waals surface area contributed by atoms with Crippen LogP contribution in [0.1, 0.15) is 0 Å². The van der Waals surface area contributed by atoms with Crippen LogP contribution in [0.2, 0.25) is 0 Å². The van der Waals surface area contributed by atoms with Gasteiger partial charge in [-0.2, -0.15) is 0 Å². The summed E-state index contributed by atoms with van der Waals surface area (Å²) in [6.45, 7) is 0. The Balaban J connectivity index is 1.08. The average molecular weight is 790 g/mol. The summed E-state index contributed by atoms with van der Waals surface area (Å²) in [4.78, 5) is 15.6. The van der Waals surface area contributed by atoms with Crippen molar-refractivity contribution in [2.75, 3.05) is 0 Å². The van der Waals surface area contributed by atoms with Crippen molar-refractivity contribution in [2.24, 2.45) is 0 Å². The van der Waals surface area contributed by atoms with Crippen molar-refractivity contribution < 1.29 is 0 Å². The number of rotatable bonds is 5.